The summed E-state index contributed by atoms with van der Waals surface area (Å²) < 4.78 is 5.98. The van der Waals surface area contributed by atoms with Crippen LogP contribution in [0.4, 0.5) is 0 Å². The minimum Gasteiger partial charge on any atom is -0.489 e. The average Bonchev–Trinajstić information content (AvgIpc) is 2.72. The molecule has 112 valence electrons. The number of hydrogen-bond donors (Lipinski definition) is 1. The Labute approximate surface area is 125 Å². The zero-order valence-electron chi connectivity index (χ0n) is 12.2. The van der Waals surface area contributed by atoms with E-state index in [4.69, 9.17) is 4.74 Å². The van der Waals surface area contributed by atoms with Crippen LogP contribution in [-0.4, -0.2) is 41.2 Å². The zero-order valence-corrected chi connectivity index (χ0v) is 12.2. The molecule has 4 heteroatoms. The highest BCUT2D eigenvalue weighted by molar-refractivity contribution is 5.72. The lowest BCUT2D eigenvalue weighted by molar-refractivity contribution is -0.151. The molecule has 0 spiro atoms. The summed E-state index contributed by atoms with van der Waals surface area (Å²) in [6.45, 7) is 3.97. The van der Waals surface area contributed by atoms with Crippen molar-refractivity contribution >= 4 is 11.7 Å². The van der Waals surface area contributed by atoms with E-state index in [-0.39, 0.29) is 12.1 Å². The van der Waals surface area contributed by atoms with E-state index in [1.807, 2.05) is 37.4 Å². The molecule has 0 aromatic heterocycles. The van der Waals surface area contributed by atoms with Gasteiger partial charge in [0.05, 0.1) is 0 Å². The van der Waals surface area contributed by atoms with E-state index in [1.165, 1.54) is 0 Å². The van der Waals surface area contributed by atoms with E-state index < -0.39 is 11.9 Å². The van der Waals surface area contributed by atoms with Crippen LogP contribution in [0.5, 0.6) is 0 Å². The minimum atomic E-state index is -0.766. The predicted molar refractivity (Wildman–Crippen MR) is 80.7 cm³/mol. The van der Waals surface area contributed by atoms with Crippen molar-refractivity contribution in [3.63, 3.8) is 0 Å². The quantitative estimate of drug-likeness (QED) is 0.865. The molecule has 2 bridgehead atoms. The maximum atomic E-state index is 11.7. The fourth-order valence-electron chi connectivity index (χ4n) is 3.74. The molecule has 1 aromatic rings. The second-order valence-electron chi connectivity index (χ2n) is 6.01. The topological polar surface area (TPSA) is 49.8 Å². The molecule has 0 amide bonds. The van der Waals surface area contributed by atoms with Crippen LogP contribution < -0.4 is 0 Å². The fourth-order valence-corrected chi connectivity index (χ4v) is 3.74. The molecular formula is C17H21NO3. The van der Waals surface area contributed by atoms with Gasteiger partial charge in [0.2, 0.25) is 0 Å². The number of carbonyl (C=O) groups is 1. The highest BCUT2D eigenvalue weighted by Gasteiger charge is 2.50. The molecule has 0 saturated carbocycles. The Balaban J connectivity index is 1.78. The Morgan fingerprint density at radius 3 is 2.71 bits per heavy atom. The van der Waals surface area contributed by atoms with Crippen LogP contribution in [0.2, 0.25) is 0 Å². The van der Waals surface area contributed by atoms with Gasteiger partial charge < -0.3 is 9.84 Å². The van der Waals surface area contributed by atoms with Gasteiger partial charge in [0, 0.05) is 24.1 Å². The van der Waals surface area contributed by atoms with Crippen molar-refractivity contribution in [2.75, 3.05) is 7.05 Å². The molecule has 0 radical (unpaired) electrons. The van der Waals surface area contributed by atoms with Gasteiger partial charge in [-0.3, -0.25) is 9.69 Å². The number of fused-ring (bicyclic) bond motifs is 2. The van der Waals surface area contributed by atoms with Gasteiger partial charge in [-0.1, -0.05) is 36.9 Å². The van der Waals surface area contributed by atoms with Gasteiger partial charge in [0.25, 0.3) is 0 Å². The van der Waals surface area contributed by atoms with Crippen LogP contribution in [0.25, 0.3) is 5.76 Å². The van der Waals surface area contributed by atoms with Crippen molar-refractivity contribution < 1.29 is 14.6 Å². The normalized spacial score (nSPS) is 31.9. The smallest absolute Gasteiger partial charge is 0.311 e. The summed E-state index contributed by atoms with van der Waals surface area (Å²) in [5.74, 6) is -0.678. The van der Waals surface area contributed by atoms with Gasteiger partial charge in [-0.05, 0) is 19.9 Å². The maximum Gasteiger partial charge on any atom is 0.311 e. The number of nitrogens with zero attached hydrogens (tertiary/aromatic N) is 1. The number of benzene rings is 1. The first-order valence-corrected chi connectivity index (χ1v) is 7.43. The molecule has 2 aliphatic heterocycles. The van der Waals surface area contributed by atoms with Crippen LogP contribution in [0.15, 0.2) is 36.9 Å². The maximum absolute atomic E-state index is 11.7. The van der Waals surface area contributed by atoms with Crippen LogP contribution in [0.3, 0.4) is 0 Å². The van der Waals surface area contributed by atoms with Gasteiger partial charge in [-0.2, -0.15) is 0 Å². The first-order chi connectivity index (χ1) is 10.1. The van der Waals surface area contributed by atoms with E-state index in [1.54, 1.807) is 0 Å². The minimum absolute atomic E-state index is 0.0785. The van der Waals surface area contributed by atoms with Crippen molar-refractivity contribution in [1.82, 2.24) is 4.90 Å². The van der Waals surface area contributed by atoms with Crippen molar-refractivity contribution in [3.8, 4) is 0 Å². The van der Waals surface area contributed by atoms with Crippen molar-refractivity contribution in [2.45, 2.75) is 37.5 Å². The van der Waals surface area contributed by atoms with Gasteiger partial charge in [0.15, 0.2) is 0 Å². The number of hydrogen-bond acceptors (Lipinski definition) is 3. The lowest BCUT2D eigenvalue weighted by Gasteiger charge is -2.40. The van der Waals surface area contributed by atoms with Crippen LogP contribution in [0, 0.1) is 5.92 Å². The molecule has 3 rings (SSSR count). The van der Waals surface area contributed by atoms with E-state index in [2.05, 4.69) is 11.5 Å². The first kappa shape index (κ1) is 14.1. The molecule has 4 atom stereocenters. The SMILES string of the molecule is C=C(O[C@@H]1C[C@@H]2CC[C@H]([C@H]1C(=O)O)N2C)c1ccccc1. The Morgan fingerprint density at radius 1 is 1.33 bits per heavy atom. The molecule has 2 heterocycles. The third-order valence-corrected chi connectivity index (χ3v) is 4.89. The van der Waals surface area contributed by atoms with E-state index in [0.717, 1.165) is 24.8 Å². The summed E-state index contributed by atoms with van der Waals surface area (Å²) in [7, 11) is 2.03. The summed E-state index contributed by atoms with van der Waals surface area (Å²) in [6, 6.07) is 10.2. The third-order valence-electron chi connectivity index (χ3n) is 4.89. The van der Waals surface area contributed by atoms with Crippen molar-refractivity contribution in [3.05, 3.63) is 42.5 Å². The van der Waals surface area contributed by atoms with Gasteiger partial charge >= 0.3 is 5.97 Å². The molecule has 21 heavy (non-hydrogen) atoms. The Hall–Kier alpha value is -1.81. The summed E-state index contributed by atoms with van der Waals surface area (Å²) in [5.41, 5.74) is 0.910. The Kier molecular flexibility index (Phi) is 3.72. The largest absolute Gasteiger partial charge is 0.489 e. The number of rotatable bonds is 4. The van der Waals surface area contributed by atoms with Crippen molar-refractivity contribution in [2.24, 2.45) is 5.92 Å². The number of aliphatic carboxylic acids is 1. The zero-order chi connectivity index (χ0) is 15.0. The summed E-state index contributed by atoms with van der Waals surface area (Å²) in [4.78, 5) is 13.9. The lowest BCUT2D eigenvalue weighted by atomic mass is 9.87. The molecule has 0 aliphatic carbocycles. The average molecular weight is 287 g/mol. The number of carboxylic acids is 1. The summed E-state index contributed by atoms with van der Waals surface area (Å²) in [5, 5.41) is 9.59. The molecule has 2 aliphatic rings. The standard InChI is InChI=1S/C17H21NO3/c1-11(12-6-4-3-5-7-12)21-15-10-13-8-9-14(18(13)2)16(15)17(19)20/h3-7,13-16H,1,8-10H2,2H3,(H,19,20)/t13-,14+,15+,16+/m0/s1. The third kappa shape index (κ3) is 2.56. The fraction of sp³-hybridized carbons (Fsp3) is 0.471. The predicted octanol–water partition coefficient (Wildman–Crippen LogP) is 2.61. The highest BCUT2D eigenvalue weighted by atomic mass is 16.5. The second-order valence-corrected chi connectivity index (χ2v) is 6.01. The Morgan fingerprint density at radius 2 is 2.05 bits per heavy atom. The molecule has 2 saturated heterocycles. The van der Waals surface area contributed by atoms with Gasteiger partial charge in [-0.15, -0.1) is 0 Å². The van der Waals surface area contributed by atoms with E-state index >= 15 is 0 Å². The monoisotopic (exact) mass is 287 g/mol. The number of piperidine rings is 1. The molecule has 1 N–H and O–H groups in total. The summed E-state index contributed by atoms with van der Waals surface area (Å²) >= 11 is 0. The highest BCUT2D eigenvalue weighted by Crippen LogP contribution is 2.40. The molecule has 1 aromatic carbocycles. The van der Waals surface area contributed by atoms with E-state index in [9.17, 15) is 9.90 Å². The van der Waals surface area contributed by atoms with Gasteiger partial charge in [0.1, 0.15) is 17.8 Å². The molecular weight excluding hydrogens is 266 g/mol. The van der Waals surface area contributed by atoms with E-state index in [0.29, 0.717) is 11.8 Å². The number of carboxylic acid groups (broad SMARTS) is 1. The van der Waals surface area contributed by atoms with Gasteiger partial charge in [-0.25, -0.2) is 0 Å². The Bertz CT molecular complexity index is 542. The lowest BCUT2D eigenvalue weighted by Crippen LogP contribution is -2.52. The molecule has 2 fully saturated rings. The first-order valence-electron chi connectivity index (χ1n) is 7.43. The van der Waals surface area contributed by atoms with Crippen LogP contribution in [-0.2, 0) is 9.53 Å². The number of ether oxygens (including phenoxy) is 1. The van der Waals surface area contributed by atoms with Crippen LogP contribution in [0.1, 0.15) is 24.8 Å². The second kappa shape index (κ2) is 5.53. The summed E-state index contributed by atoms with van der Waals surface area (Å²) in [6.07, 6.45) is 2.47. The molecule has 4 nitrogen and oxygen atoms in total. The van der Waals surface area contributed by atoms with Crippen LogP contribution >= 0.6 is 0 Å². The molecule has 0 unspecified atom stereocenters. The van der Waals surface area contributed by atoms with Crippen molar-refractivity contribution in [1.29, 1.82) is 0 Å².